The smallest absolute Gasteiger partial charge is 0.333 e. The molecule has 0 aliphatic heterocycles. The summed E-state index contributed by atoms with van der Waals surface area (Å²) in [4.78, 5) is 11.4. The molecule has 0 aromatic rings. The number of hydrogen-bond donors (Lipinski definition) is 0. The Kier molecular flexibility index (Phi) is 11.8. The molecule has 0 aliphatic carbocycles. The summed E-state index contributed by atoms with van der Waals surface area (Å²) >= 11 is 0. The lowest BCUT2D eigenvalue weighted by Crippen LogP contribution is -2.04. The Morgan fingerprint density at radius 2 is 1.25 bits per heavy atom. The summed E-state index contributed by atoms with van der Waals surface area (Å²) in [5.74, 6) is -0.273. The maximum Gasteiger partial charge on any atom is 0.333 e. The fourth-order valence-corrected chi connectivity index (χ4v) is 1.58. The van der Waals surface area contributed by atoms with Gasteiger partial charge in [0.05, 0.1) is 6.61 Å². The molecular formula is C22H30O2. The molecule has 0 aliphatic rings. The van der Waals surface area contributed by atoms with Crippen LogP contribution in [0.15, 0.2) is 83.1 Å². The van der Waals surface area contributed by atoms with Gasteiger partial charge in [-0.1, -0.05) is 77.5 Å². The van der Waals surface area contributed by atoms with Gasteiger partial charge in [0, 0.05) is 5.57 Å². The quantitative estimate of drug-likeness (QED) is 0.309. The molecule has 0 aromatic heterocycles. The minimum Gasteiger partial charge on any atom is -0.463 e. The standard InChI is InChI=1S/C22H30O2/c1-7-24-22(23)21(6)17-11-16-20(5)14-9-8-13-19(4)15-10-12-18(2)3/h8-17H,7H2,1-6H3/b9-8+,15-10+,16-11+,19-13+,20-14+,21-17-. The Balaban J connectivity index is 4.57. The lowest BCUT2D eigenvalue weighted by Gasteiger charge is -1.99. The Labute approximate surface area is 147 Å². The van der Waals surface area contributed by atoms with E-state index in [1.807, 2.05) is 37.3 Å². The SMILES string of the molecule is CCOC(=O)\C(C)=C/C=C/C(C)=C/C=C/C=C(C)/C=C/C=C(C)C. The van der Waals surface area contributed by atoms with Crippen LogP contribution in [0.2, 0.25) is 0 Å². The lowest BCUT2D eigenvalue weighted by atomic mass is 10.2. The van der Waals surface area contributed by atoms with Crippen molar-refractivity contribution in [1.29, 1.82) is 0 Å². The predicted molar refractivity (Wildman–Crippen MR) is 105 cm³/mol. The first-order chi connectivity index (χ1) is 11.4. The Morgan fingerprint density at radius 1 is 0.750 bits per heavy atom. The second-order valence-corrected chi connectivity index (χ2v) is 5.74. The molecule has 0 rings (SSSR count). The molecule has 0 atom stereocenters. The van der Waals surface area contributed by atoms with Gasteiger partial charge in [0.15, 0.2) is 0 Å². The largest absolute Gasteiger partial charge is 0.463 e. The van der Waals surface area contributed by atoms with Crippen molar-refractivity contribution in [2.75, 3.05) is 6.61 Å². The van der Waals surface area contributed by atoms with Crippen LogP contribution in [-0.4, -0.2) is 12.6 Å². The fraction of sp³-hybridized carbons (Fsp3) is 0.318. The lowest BCUT2D eigenvalue weighted by molar-refractivity contribution is -0.138. The van der Waals surface area contributed by atoms with Gasteiger partial charge in [0.25, 0.3) is 0 Å². The van der Waals surface area contributed by atoms with Gasteiger partial charge in [-0.05, 0) is 41.5 Å². The molecule has 0 N–H and O–H groups in total. The van der Waals surface area contributed by atoms with Crippen LogP contribution in [-0.2, 0) is 9.53 Å². The number of carbonyl (C=O) groups excluding carboxylic acids is 1. The molecule has 0 saturated carbocycles. The van der Waals surface area contributed by atoms with Crippen LogP contribution in [0.25, 0.3) is 0 Å². The number of hydrogen-bond acceptors (Lipinski definition) is 2. The Morgan fingerprint density at radius 3 is 1.71 bits per heavy atom. The molecule has 0 bridgehead atoms. The molecule has 0 heterocycles. The first-order valence-electron chi connectivity index (χ1n) is 8.22. The molecule has 24 heavy (non-hydrogen) atoms. The van der Waals surface area contributed by atoms with Crippen LogP contribution >= 0.6 is 0 Å². The van der Waals surface area contributed by atoms with Crippen LogP contribution in [0.4, 0.5) is 0 Å². The van der Waals surface area contributed by atoms with E-state index in [1.165, 1.54) is 11.1 Å². The number of ether oxygens (including phenoxy) is 1. The minimum absolute atomic E-state index is 0.273. The molecule has 0 fully saturated rings. The van der Waals surface area contributed by atoms with E-state index in [1.54, 1.807) is 19.9 Å². The predicted octanol–water partition coefficient (Wildman–Crippen LogP) is 6.02. The van der Waals surface area contributed by atoms with Crippen molar-refractivity contribution < 1.29 is 9.53 Å². The first-order valence-corrected chi connectivity index (χ1v) is 8.22. The third-order valence-corrected chi connectivity index (χ3v) is 2.92. The van der Waals surface area contributed by atoms with Crippen LogP contribution in [0.1, 0.15) is 41.5 Å². The number of esters is 1. The number of rotatable bonds is 8. The summed E-state index contributed by atoms with van der Waals surface area (Å²) in [6.07, 6.45) is 19.9. The minimum atomic E-state index is -0.273. The maximum absolute atomic E-state index is 11.4. The molecule has 0 saturated heterocycles. The van der Waals surface area contributed by atoms with E-state index < -0.39 is 0 Å². The molecular weight excluding hydrogens is 296 g/mol. The highest BCUT2D eigenvalue weighted by atomic mass is 16.5. The summed E-state index contributed by atoms with van der Waals surface area (Å²) in [5, 5.41) is 0. The molecule has 0 radical (unpaired) electrons. The van der Waals surface area contributed by atoms with E-state index in [0.717, 1.165) is 5.57 Å². The Hall–Kier alpha value is -2.35. The molecule has 0 unspecified atom stereocenters. The van der Waals surface area contributed by atoms with E-state index in [4.69, 9.17) is 4.74 Å². The maximum atomic E-state index is 11.4. The van der Waals surface area contributed by atoms with Crippen LogP contribution in [0.5, 0.6) is 0 Å². The van der Waals surface area contributed by atoms with Crippen molar-refractivity contribution >= 4 is 5.97 Å². The zero-order chi connectivity index (χ0) is 18.4. The summed E-state index contributed by atoms with van der Waals surface area (Å²) in [5.41, 5.74) is 4.17. The highest BCUT2D eigenvalue weighted by Crippen LogP contribution is 2.02. The van der Waals surface area contributed by atoms with Gasteiger partial charge in [-0.15, -0.1) is 0 Å². The third-order valence-electron chi connectivity index (χ3n) is 2.92. The average Bonchev–Trinajstić information content (AvgIpc) is 2.51. The molecule has 0 spiro atoms. The van der Waals surface area contributed by atoms with Crippen molar-refractivity contribution in [3.63, 3.8) is 0 Å². The molecule has 0 aromatic carbocycles. The van der Waals surface area contributed by atoms with Gasteiger partial charge >= 0.3 is 5.97 Å². The third kappa shape index (κ3) is 12.2. The van der Waals surface area contributed by atoms with Gasteiger partial charge in [0.2, 0.25) is 0 Å². The first kappa shape index (κ1) is 21.7. The summed E-state index contributed by atoms with van der Waals surface area (Å²) < 4.78 is 4.92. The van der Waals surface area contributed by atoms with E-state index in [2.05, 4.69) is 45.1 Å². The van der Waals surface area contributed by atoms with Crippen molar-refractivity contribution in [3.05, 3.63) is 83.1 Å². The van der Waals surface area contributed by atoms with Crippen LogP contribution in [0.3, 0.4) is 0 Å². The van der Waals surface area contributed by atoms with Gasteiger partial charge < -0.3 is 4.74 Å². The normalized spacial score (nSPS) is 14.0. The molecule has 2 heteroatoms. The van der Waals surface area contributed by atoms with Crippen LogP contribution in [0, 0.1) is 0 Å². The molecule has 0 amide bonds. The van der Waals surface area contributed by atoms with Gasteiger partial charge in [-0.25, -0.2) is 4.79 Å². The summed E-state index contributed by atoms with van der Waals surface area (Å²) in [7, 11) is 0. The van der Waals surface area contributed by atoms with Crippen molar-refractivity contribution in [3.8, 4) is 0 Å². The second-order valence-electron chi connectivity index (χ2n) is 5.74. The van der Waals surface area contributed by atoms with Gasteiger partial charge in [-0.3, -0.25) is 0 Å². The average molecular weight is 326 g/mol. The fourth-order valence-electron chi connectivity index (χ4n) is 1.58. The number of carbonyl (C=O) groups is 1. The van der Waals surface area contributed by atoms with E-state index >= 15 is 0 Å². The Bertz CT molecular complexity index is 602. The topological polar surface area (TPSA) is 26.3 Å². The highest BCUT2D eigenvalue weighted by molar-refractivity contribution is 5.88. The zero-order valence-electron chi connectivity index (χ0n) is 15.8. The summed E-state index contributed by atoms with van der Waals surface area (Å²) in [6.45, 7) is 12.2. The van der Waals surface area contributed by atoms with Gasteiger partial charge in [0.1, 0.15) is 0 Å². The van der Waals surface area contributed by atoms with Crippen LogP contribution < -0.4 is 0 Å². The van der Waals surface area contributed by atoms with E-state index in [-0.39, 0.29) is 5.97 Å². The zero-order valence-corrected chi connectivity index (χ0v) is 15.8. The second kappa shape index (κ2) is 13.1. The highest BCUT2D eigenvalue weighted by Gasteiger charge is 2.01. The molecule has 130 valence electrons. The van der Waals surface area contributed by atoms with Crippen molar-refractivity contribution in [2.45, 2.75) is 41.5 Å². The summed E-state index contributed by atoms with van der Waals surface area (Å²) in [6, 6.07) is 0. The van der Waals surface area contributed by atoms with E-state index in [9.17, 15) is 4.79 Å². The number of allylic oxidation sites excluding steroid dienone is 13. The van der Waals surface area contributed by atoms with Crippen molar-refractivity contribution in [2.24, 2.45) is 0 Å². The molecule has 2 nitrogen and oxygen atoms in total. The van der Waals surface area contributed by atoms with Gasteiger partial charge in [-0.2, -0.15) is 0 Å². The monoisotopic (exact) mass is 326 g/mol. The van der Waals surface area contributed by atoms with E-state index in [0.29, 0.717) is 12.2 Å². The van der Waals surface area contributed by atoms with Crippen molar-refractivity contribution in [1.82, 2.24) is 0 Å².